The van der Waals surface area contributed by atoms with Crippen LogP contribution in [0.15, 0.2) is 122 Å². The molecule has 1 aliphatic carbocycles. The first-order valence-corrected chi connectivity index (χ1v) is 6.67. The Bertz CT molecular complexity index is 318. The van der Waals surface area contributed by atoms with E-state index in [-0.39, 0.29) is 0 Å². The summed E-state index contributed by atoms with van der Waals surface area (Å²) in [6.45, 7) is 0. The highest BCUT2D eigenvalue weighted by molar-refractivity contribution is 5.24. The van der Waals surface area contributed by atoms with Gasteiger partial charge in [0, 0.05) is 0 Å². The molecular formula is C20H20. The molecule has 100 valence electrons. The van der Waals surface area contributed by atoms with E-state index in [0.717, 1.165) is 0 Å². The molecule has 1 rings (SSSR count). The van der Waals surface area contributed by atoms with E-state index < -0.39 is 0 Å². The van der Waals surface area contributed by atoms with Crippen LogP contribution >= 0.6 is 0 Å². The largest absolute Gasteiger partial charge is 0.0623 e. The van der Waals surface area contributed by atoms with E-state index in [1.54, 1.807) is 0 Å². The average molecular weight is 260 g/mol. The fourth-order valence-electron chi connectivity index (χ4n) is 1.28. The second-order valence-corrected chi connectivity index (χ2v) is 3.85. The number of rotatable bonds is 0. The molecule has 20 heavy (non-hydrogen) atoms. The van der Waals surface area contributed by atoms with Crippen LogP contribution in [0.5, 0.6) is 0 Å². The Balaban J connectivity index is 2.67. The van der Waals surface area contributed by atoms with E-state index in [9.17, 15) is 0 Å². The van der Waals surface area contributed by atoms with Crippen LogP contribution in [0.2, 0.25) is 0 Å². The van der Waals surface area contributed by atoms with Gasteiger partial charge in [-0.1, -0.05) is 122 Å². The maximum Gasteiger partial charge on any atom is -0.0623 e. The van der Waals surface area contributed by atoms with Crippen molar-refractivity contribution in [3.05, 3.63) is 122 Å². The Hall–Kier alpha value is -2.60. The Morgan fingerprint density at radius 1 is 0.100 bits per heavy atom. The number of allylic oxidation sites excluding steroid dienone is 20. The van der Waals surface area contributed by atoms with Crippen LogP contribution in [0.4, 0.5) is 0 Å². The lowest BCUT2D eigenvalue weighted by atomic mass is 10.3. The highest BCUT2D eigenvalue weighted by Crippen LogP contribution is 1.88. The summed E-state index contributed by atoms with van der Waals surface area (Å²) < 4.78 is 0. The molecule has 0 bridgehead atoms. The SMILES string of the molecule is C1=C\C=C\C=C\C=C\C=C\C=C\C=C\C=C/C=C/C=C/1. The summed E-state index contributed by atoms with van der Waals surface area (Å²) >= 11 is 0. The third-order valence-electron chi connectivity index (χ3n) is 2.22. The molecule has 0 aromatic heterocycles. The highest BCUT2D eigenvalue weighted by atomic mass is 13.7. The Labute approximate surface area is 122 Å². The summed E-state index contributed by atoms with van der Waals surface area (Å²) in [6.07, 6.45) is 40.0. The molecule has 0 aromatic carbocycles. The molecule has 0 saturated carbocycles. The molecule has 0 heteroatoms. The van der Waals surface area contributed by atoms with Crippen molar-refractivity contribution in [3.8, 4) is 0 Å². The van der Waals surface area contributed by atoms with Crippen molar-refractivity contribution in [2.45, 2.75) is 0 Å². The van der Waals surface area contributed by atoms with Gasteiger partial charge in [-0.05, 0) is 0 Å². The first-order valence-electron chi connectivity index (χ1n) is 6.67. The minimum atomic E-state index is 2.00. The zero-order chi connectivity index (χ0) is 14.1. The molecule has 0 spiro atoms. The molecule has 0 aromatic rings. The third-order valence-corrected chi connectivity index (χ3v) is 2.22. The molecule has 0 fully saturated rings. The smallest absolute Gasteiger partial charge is 0.0623 e. The van der Waals surface area contributed by atoms with Crippen molar-refractivity contribution >= 4 is 0 Å². The average Bonchev–Trinajstić information content (AvgIpc) is 2.46. The van der Waals surface area contributed by atoms with Crippen molar-refractivity contribution in [2.24, 2.45) is 0 Å². The molecule has 0 nitrogen and oxygen atoms in total. The van der Waals surface area contributed by atoms with Crippen LogP contribution < -0.4 is 0 Å². The van der Waals surface area contributed by atoms with E-state index in [1.165, 1.54) is 0 Å². The van der Waals surface area contributed by atoms with Gasteiger partial charge in [-0.3, -0.25) is 0 Å². The Morgan fingerprint density at radius 2 is 0.150 bits per heavy atom. The fraction of sp³-hybridized carbons (Fsp3) is 0. The van der Waals surface area contributed by atoms with E-state index in [2.05, 4.69) is 0 Å². The van der Waals surface area contributed by atoms with Crippen molar-refractivity contribution in [1.29, 1.82) is 0 Å². The molecule has 0 amide bonds. The zero-order valence-electron chi connectivity index (χ0n) is 11.5. The summed E-state index contributed by atoms with van der Waals surface area (Å²) in [5.74, 6) is 0. The van der Waals surface area contributed by atoms with Gasteiger partial charge in [0.15, 0.2) is 0 Å². The lowest BCUT2D eigenvalue weighted by Gasteiger charge is -1.77. The van der Waals surface area contributed by atoms with Crippen molar-refractivity contribution < 1.29 is 0 Å². The maximum absolute atomic E-state index is 2.00. The molecule has 0 saturated heterocycles. The topological polar surface area (TPSA) is 0 Å². The monoisotopic (exact) mass is 260 g/mol. The van der Waals surface area contributed by atoms with Crippen LogP contribution in [0.1, 0.15) is 0 Å². The predicted molar refractivity (Wildman–Crippen MR) is 91.4 cm³/mol. The van der Waals surface area contributed by atoms with Gasteiger partial charge in [0.1, 0.15) is 0 Å². The van der Waals surface area contributed by atoms with Gasteiger partial charge in [0.2, 0.25) is 0 Å². The van der Waals surface area contributed by atoms with Gasteiger partial charge in [-0.15, -0.1) is 0 Å². The minimum absolute atomic E-state index is 2.00. The van der Waals surface area contributed by atoms with Crippen molar-refractivity contribution in [2.75, 3.05) is 0 Å². The lowest BCUT2D eigenvalue weighted by Crippen LogP contribution is -1.55. The maximum atomic E-state index is 2.00. The minimum Gasteiger partial charge on any atom is -0.0623 e. The molecule has 0 aliphatic heterocycles. The lowest BCUT2D eigenvalue weighted by molar-refractivity contribution is 1.81. The normalized spacial score (nSPS) is 32.0. The van der Waals surface area contributed by atoms with E-state index >= 15 is 0 Å². The highest BCUT2D eigenvalue weighted by Gasteiger charge is 1.66. The molecule has 0 N–H and O–H groups in total. The number of hydrogen-bond acceptors (Lipinski definition) is 0. The van der Waals surface area contributed by atoms with Crippen LogP contribution in [-0.4, -0.2) is 0 Å². The second kappa shape index (κ2) is 12.8. The summed E-state index contributed by atoms with van der Waals surface area (Å²) in [7, 11) is 0. The molecule has 0 radical (unpaired) electrons. The van der Waals surface area contributed by atoms with Crippen molar-refractivity contribution in [1.82, 2.24) is 0 Å². The quantitative estimate of drug-likeness (QED) is 0.534. The van der Waals surface area contributed by atoms with Gasteiger partial charge < -0.3 is 0 Å². The van der Waals surface area contributed by atoms with Crippen LogP contribution in [0.25, 0.3) is 0 Å². The van der Waals surface area contributed by atoms with Gasteiger partial charge in [0.05, 0.1) is 0 Å². The van der Waals surface area contributed by atoms with Crippen LogP contribution in [0, 0.1) is 0 Å². The summed E-state index contributed by atoms with van der Waals surface area (Å²) in [5, 5.41) is 0. The standard InChI is InChI=1S/C20H20/c1-2-4-6-8-10-12-14-16-18-20-19-17-15-13-11-9-7-5-3-1/h1-20H/b2-1-,3-1?,4-2?,5-3+,6-4+,7-5?,8-6?,9-7+,10-8+,11-9?,12-10?,13-11-,14-12+,15-13?,16-14?,17-15+,18-16+,19-17?,20-18?,20-19+. The van der Waals surface area contributed by atoms with Gasteiger partial charge in [-0.25, -0.2) is 0 Å². The molecular weight excluding hydrogens is 240 g/mol. The van der Waals surface area contributed by atoms with Crippen molar-refractivity contribution in [3.63, 3.8) is 0 Å². The molecule has 1 aliphatic rings. The third kappa shape index (κ3) is 10.5. The van der Waals surface area contributed by atoms with Crippen LogP contribution in [-0.2, 0) is 0 Å². The first kappa shape index (κ1) is 15.5. The second-order valence-electron chi connectivity index (χ2n) is 3.85. The molecule has 0 heterocycles. The van der Waals surface area contributed by atoms with E-state index in [4.69, 9.17) is 0 Å². The first-order chi connectivity index (χ1) is 10.0. The Morgan fingerprint density at radius 3 is 0.200 bits per heavy atom. The zero-order valence-corrected chi connectivity index (χ0v) is 11.5. The van der Waals surface area contributed by atoms with Crippen LogP contribution in [0.3, 0.4) is 0 Å². The van der Waals surface area contributed by atoms with Gasteiger partial charge in [-0.2, -0.15) is 0 Å². The predicted octanol–water partition coefficient (Wildman–Crippen LogP) is 5.56. The van der Waals surface area contributed by atoms with Gasteiger partial charge in [0.25, 0.3) is 0 Å². The van der Waals surface area contributed by atoms with Gasteiger partial charge >= 0.3 is 0 Å². The summed E-state index contributed by atoms with van der Waals surface area (Å²) in [5.41, 5.74) is 0. The van der Waals surface area contributed by atoms with E-state index in [1.807, 2.05) is 122 Å². The summed E-state index contributed by atoms with van der Waals surface area (Å²) in [4.78, 5) is 0. The fourth-order valence-corrected chi connectivity index (χ4v) is 1.28. The van der Waals surface area contributed by atoms with E-state index in [0.29, 0.717) is 0 Å². The number of hydrogen-bond donors (Lipinski definition) is 0. The molecule has 0 unspecified atom stereocenters. The summed E-state index contributed by atoms with van der Waals surface area (Å²) in [6, 6.07) is 0. The Kier molecular flexibility index (Phi) is 9.93. The molecule has 0 atom stereocenters.